The van der Waals surface area contributed by atoms with Crippen LogP contribution in [0.2, 0.25) is 0 Å². The maximum Gasteiger partial charge on any atom is 0.0631 e. The standard InChI is InChI=1S/C16H29N3/c1-7-9-17-14-10-13(16(14,5)8-2)15-11(3)18-19(6)12(15)4/h13-14,17H,7-10H2,1-6H3. The van der Waals surface area contributed by atoms with E-state index in [1.165, 1.54) is 36.2 Å². The molecule has 0 radical (unpaired) electrons. The van der Waals surface area contributed by atoms with Gasteiger partial charge in [-0.3, -0.25) is 4.68 Å². The molecule has 2 rings (SSSR count). The number of aromatic nitrogens is 2. The van der Waals surface area contributed by atoms with Gasteiger partial charge in [0.25, 0.3) is 0 Å². The average Bonchev–Trinajstić information content (AvgIpc) is 2.62. The SMILES string of the molecule is CCCNC1CC(c2c(C)nn(C)c2C)C1(C)CC. The van der Waals surface area contributed by atoms with E-state index in [-0.39, 0.29) is 0 Å². The number of hydrogen-bond acceptors (Lipinski definition) is 2. The highest BCUT2D eigenvalue weighted by Crippen LogP contribution is 2.56. The second-order valence-corrected chi connectivity index (χ2v) is 6.36. The van der Waals surface area contributed by atoms with Gasteiger partial charge in [-0.05, 0) is 56.6 Å². The van der Waals surface area contributed by atoms with Crippen LogP contribution in [0.15, 0.2) is 0 Å². The highest BCUT2D eigenvalue weighted by Gasteiger charge is 2.51. The third-order valence-corrected chi connectivity index (χ3v) is 5.38. The molecule has 1 aromatic rings. The molecule has 3 atom stereocenters. The van der Waals surface area contributed by atoms with Crippen molar-refractivity contribution in [3.05, 3.63) is 17.0 Å². The Morgan fingerprint density at radius 3 is 2.53 bits per heavy atom. The highest BCUT2D eigenvalue weighted by molar-refractivity contribution is 5.34. The Labute approximate surface area is 117 Å². The lowest BCUT2D eigenvalue weighted by Crippen LogP contribution is -2.57. The van der Waals surface area contributed by atoms with Crippen molar-refractivity contribution in [2.24, 2.45) is 12.5 Å². The molecular weight excluding hydrogens is 234 g/mol. The van der Waals surface area contributed by atoms with Crippen LogP contribution >= 0.6 is 0 Å². The van der Waals surface area contributed by atoms with Gasteiger partial charge in [-0.1, -0.05) is 20.8 Å². The van der Waals surface area contributed by atoms with Crippen molar-refractivity contribution in [3.8, 4) is 0 Å². The molecule has 0 spiro atoms. The van der Waals surface area contributed by atoms with Gasteiger partial charge < -0.3 is 5.32 Å². The van der Waals surface area contributed by atoms with Gasteiger partial charge in [0.15, 0.2) is 0 Å². The first kappa shape index (κ1) is 14.6. The van der Waals surface area contributed by atoms with Crippen molar-refractivity contribution >= 4 is 0 Å². The molecule has 1 aromatic heterocycles. The molecule has 1 aliphatic rings. The molecular formula is C16H29N3. The van der Waals surface area contributed by atoms with Gasteiger partial charge in [0.1, 0.15) is 0 Å². The Morgan fingerprint density at radius 1 is 1.37 bits per heavy atom. The fraction of sp³-hybridized carbons (Fsp3) is 0.812. The summed E-state index contributed by atoms with van der Waals surface area (Å²) in [5, 5.41) is 8.33. The highest BCUT2D eigenvalue weighted by atomic mass is 15.3. The van der Waals surface area contributed by atoms with Gasteiger partial charge >= 0.3 is 0 Å². The van der Waals surface area contributed by atoms with Gasteiger partial charge in [0.05, 0.1) is 5.69 Å². The monoisotopic (exact) mass is 263 g/mol. The van der Waals surface area contributed by atoms with Crippen LogP contribution in [0.1, 0.15) is 62.9 Å². The number of hydrogen-bond donors (Lipinski definition) is 1. The summed E-state index contributed by atoms with van der Waals surface area (Å²) in [7, 11) is 2.06. The Kier molecular flexibility index (Phi) is 4.05. The van der Waals surface area contributed by atoms with Gasteiger partial charge in [-0.25, -0.2) is 0 Å². The normalized spacial score (nSPS) is 30.4. The minimum atomic E-state index is 0.383. The van der Waals surface area contributed by atoms with Crippen molar-refractivity contribution in [2.45, 2.75) is 65.8 Å². The number of nitrogens with one attached hydrogen (secondary N) is 1. The Hall–Kier alpha value is -0.830. The van der Waals surface area contributed by atoms with E-state index in [2.05, 4.69) is 52.1 Å². The molecule has 108 valence electrons. The summed E-state index contributed by atoms with van der Waals surface area (Å²) in [6.07, 6.45) is 3.70. The summed E-state index contributed by atoms with van der Waals surface area (Å²) in [6.45, 7) is 12.5. The first-order valence-corrected chi connectivity index (χ1v) is 7.69. The van der Waals surface area contributed by atoms with E-state index in [9.17, 15) is 0 Å². The minimum Gasteiger partial charge on any atom is -0.313 e. The van der Waals surface area contributed by atoms with E-state index in [0.29, 0.717) is 17.4 Å². The maximum atomic E-state index is 4.60. The van der Waals surface area contributed by atoms with E-state index in [4.69, 9.17) is 0 Å². The third kappa shape index (κ3) is 2.22. The van der Waals surface area contributed by atoms with Gasteiger partial charge in [-0.2, -0.15) is 5.10 Å². The predicted octanol–water partition coefficient (Wildman–Crippen LogP) is 3.31. The van der Waals surface area contributed by atoms with Crippen LogP contribution in [0, 0.1) is 19.3 Å². The fourth-order valence-corrected chi connectivity index (χ4v) is 3.73. The van der Waals surface area contributed by atoms with Crippen molar-refractivity contribution < 1.29 is 0 Å². The van der Waals surface area contributed by atoms with Crippen LogP contribution in [0.5, 0.6) is 0 Å². The van der Waals surface area contributed by atoms with E-state index in [0.717, 1.165) is 6.54 Å². The molecule has 0 amide bonds. The Bertz CT molecular complexity index is 449. The summed E-state index contributed by atoms with van der Waals surface area (Å²) in [5.41, 5.74) is 4.45. The number of aryl methyl sites for hydroxylation is 2. The molecule has 0 bridgehead atoms. The second kappa shape index (κ2) is 5.28. The van der Waals surface area contributed by atoms with E-state index >= 15 is 0 Å². The smallest absolute Gasteiger partial charge is 0.0631 e. The summed E-state index contributed by atoms with van der Waals surface area (Å²) in [6, 6.07) is 0.668. The Morgan fingerprint density at radius 2 is 2.05 bits per heavy atom. The van der Waals surface area contributed by atoms with Crippen LogP contribution in [0.25, 0.3) is 0 Å². The fourth-order valence-electron chi connectivity index (χ4n) is 3.73. The van der Waals surface area contributed by atoms with Crippen molar-refractivity contribution in [1.82, 2.24) is 15.1 Å². The molecule has 0 aliphatic heterocycles. The molecule has 1 aliphatic carbocycles. The maximum absolute atomic E-state index is 4.60. The Balaban J connectivity index is 2.23. The van der Waals surface area contributed by atoms with Crippen molar-refractivity contribution in [1.29, 1.82) is 0 Å². The van der Waals surface area contributed by atoms with Crippen LogP contribution in [0.3, 0.4) is 0 Å². The molecule has 3 nitrogen and oxygen atoms in total. The lowest BCUT2D eigenvalue weighted by molar-refractivity contribution is 0.0438. The molecule has 1 fully saturated rings. The molecule has 0 saturated heterocycles. The summed E-state index contributed by atoms with van der Waals surface area (Å²) in [5.74, 6) is 0.667. The van der Waals surface area contributed by atoms with Gasteiger partial charge in [-0.15, -0.1) is 0 Å². The summed E-state index contributed by atoms with van der Waals surface area (Å²) in [4.78, 5) is 0. The quantitative estimate of drug-likeness (QED) is 0.883. The van der Waals surface area contributed by atoms with E-state index < -0.39 is 0 Å². The first-order valence-electron chi connectivity index (χ1n) is 7.69. The lowest BCUT2D eigenvalue weighted by atomic mass is 9.53. The largest absolute Gasteiger partial charge is 0.313 e. The summed E-state index contributed by atoms with van der Waals surface area (Å²) < 4.78 is 2.04. The first-order chi connectivity index (χ1) is 8.95. The predicted molar refractivity (Wildman–Crippen MR) is 80.5 cm³/mol. The molecule has 1 saturated carbocycles. The van der Waals surface area contributed by atoms with Crippen LogP contribution in [-0.4, -0.2) is 22.4 Å². The van der Waals surface area contributed by atoms with Crippen LogP contribution < -0.4 is 5.32 Å². The van der Waals surface area contributed by atoms with Crippen molar-refractivity contribution in [2.75, 3.05) is 6.54 Å². The van der Waals surface area contributed by atoms with Crippen molar-refractivity contribution in [3.63, 3.8) is 0 Å². The molecule has 3 heteroatoms. The zero-order valence-electron chi connectivity index (χ0n) is 13.4. The second-order valence-electron chi connectivity index (χ2n) is 6.36. The number of rotatable bonds is 5. The zero-order chi connectivity index (χ0) is 14.2. The topological polar surface area (TPSA) is 29.9 Å². The van der Waals surface area contributed by atoms with Gasteiger partial charge in [0, 0.05) is 18.8 Å². The molecule has 1 heterocycles. The molecule has 3 unspecified atom stereocenters. The third-order valence-electron chi connectivity index (χ3n) is 5.38. The van der Waals surface area contributed by atoms with E-state index in [1.54, 1.807) is 0 Å². The lowest BCUT2D eigenvalue weighted by Gasteiger charge is -2.55. The summed E-state index contributed by atoms with van der Waals surface area (Å²) >= 11 is 0. The zero-order valence-corrected chi connectivity index (χ0v) is 13.4. The number of nitrogens with zero attached hydrogens (tertiary/aromatic N) is 2. The van der Waals surface area contributed by atoms with Crippen LogP contribution in [0.4, 0.5) is 0 Å². The molecule has 1 N–H and O–H groups in total. The van der Waals surface area contributed by atoms with E-state index in [1.807, 2.05) is 4.68 Å². The molecule has 19 heavy (non-hydrogen) atoms. The van der Waals surface area contributed by atoms with Gasteiger partial charge in [0.2, 0.25) is 0 Å². The minimum absolute atomic E-state index is 0.383. The molecule has 0 aromatic carbocycles. The van der Waals surface area contributed by atoms with Crippen LogP contribution in [-0.2, 0) is 7.05 Å². The average molecular weight is 263 g/mol.